The molecule has 0 nitrogen and oxygen atoms in total. The van der Waals surface area contributed by atoms with Crippen molar-refractivity contribution in [3.63, 3.8) is 0 Å². The normalized spacial score (nSPS) is 5.50. The third-order valence-electron chi connectivity index (χ3n) is 0. The minimum absolute atomic E-state index is 0. The molecule has 0 saturated carbocycles. The predicted octanol–water partition coefficient (Wildman–Crippen LogP) is -1.62. The Balaban J connectivity index is 0. The summed E-state index contributed by atoms with van der Waals surface area (Å²) in [6.45, 7) is 0. The van der Waals surface area contributed by atoms with Gasteiger partial charge in [-0.1, -0.05) is 0 Å². The molecule has 0 N–H and O–H groups in total. The zero-order valence-corrected chi connectivity index (χ0v) is 4.78. The van der Waals surface area contributed by atoms with Gasteiger partial charge in [-0.3, -0.25) is 0 Å². The second kappa shape index (κ2) is 8.83. The molecule has 0 aliphatic heterocycles. The first-order valence-corrected chi connectivity index (χ1v) is 3.12. The Hall–Kier alpha value is 1.38. The molecule has 4 heteroatoms. The summed E-state index contributed by atoms with van der Waals surface area (Å²) in [4.78, 5) is 0. The van der Waals surface area contributed by atoms with Gasteiger partial charge >= 0.3 is 33.2 Å². The van der Waals surface area contributed by atoms with Gasteiger partial charge in [0.25, 0.3) is 0 Å². The van der Waals surface area contributed by atoms with Crippen molar-refractivity contribution in [2.45, 2.75) is 0 Å². The zero-order valence-electron chi connectivity index (χ0n) is 1.47. The summed E-state index contributed by atoms with van der Waals surface area (Å²) >= 11 is 0.382. The van der Waals surface area contributed by atoms with Gasteiger partial charge in [0, 0.05) is 0 Å². The molecular formula is Cl3Co. The van der Waals surface area contributed by atoms with Crippen LogP contribution in [0.4, 0.5) is 0 Å². The molecular weight excluding hydrogens is 165 g/mol. The van der Waals surface area contributed by atoms with Gasteiger partial charge in [-0.05, 0) is 0 Å². The summed E-state index contributed by atoms with van der Waals surface area (Å²) in [5.74, 6) is 0. The third kappa shape index (κ3) is 10.1. The summed E-state index contributed by atoms with van der Waals surface area (Å²) in [5, 5.41) is 0. The summed E-state index contributed by atoms with van der Waals surface area (Å²) in [5.41, 5.74) is 0. The molecule has 30 valence electrons. The van der Waals surface area contributed by atoms with E-state index in [0.29, 0.717) is 12.9 Å². The van der Waals surface area contributed by atoms with E-state index in [-0.39, 0.29) is 12.4 Å². The SMILES string of the molecule is [Cl-].[Cl][Co+][Cl]. The van der Waals surface area contributed by atoms with Crippen molar-refractivity contribution in [2.24, 2.45) is 0 Å². The van der Waals surface area contributed by atoms with Crippen LogP contribution in [-0.4, -0.2) is 0 Å². The first-order valence-electron chi connectivity index (χ1n) is 0.252. The number of hydrogen-bond donors (Lipinski definition) is 0. The van der Waals surface area contributed by atoms with Crippen LogP contribution in [0, 0.1) is 0 Å². The fraction of sp³-hybridized carbons (Fsp3) is 0. The molecule has 0 saturated heterocycles. The van der Waals surface area contributed by atoms with Crippen molar-refractivity contribution in [3.05, 3.63) is 0 Å². The van der Waals surface area contributed by atoms with E-state index >= 15 is 0 Å². The van der Waals surface area contributed by atoms with Crippen molar-refractivity contribution in [3.8, 4) is 0 Å². The third-order valence-corrected chi connectivity index (χ3v) is 0. The summed E-state index contributed by atoms with van der Waals surface area (Å²) in [7, 11) is 9.47. The van der Waals surface area contributed by atoms with Crippen molar-refractivity contribution in [1.29, 1.82) is 0 Å². The molecule has 0 fully saturated rings. The average Bonchev–Trinajstić information content (AvgIpc) is 0.918. The fourth-order valence-corrected chi connectivity index (χ4v) is 0. The van der Waals surface area contributed by atoms with E-state index in [4.69, 9.17) is 20.3 Å². The van der Waals surface area contributed by atoms with E-state index in [1.807, 2.05) is 0 Å². The van der Waals surface area contributed by atoms with Gasteiger partial charge < -0.3 is 12.4 Å². The molecule has 0 aromatic carbocycles. The van der Waals surface area contributed by atoms with Crippen molar-refractivity contribution < 1.29 is 25.3 Å². The quantitative estimate of drug-likeness (QED) is 0.405. The molecule has 0 bridgehead atoms. The monoisotopic (exact) mass is 164 g/mol. The zero-order chi connectivity index (χ0) is 2.71. The van der Waals surface area contributed by atoms with E-state index in [2.05, 4.69) is 0 Å². The van der Waals surface area contributed by atoms with E-state index in [0.717, 1.165) is 0 Å². The predicted molar refractivity (Wildman–Crippen MR) is 11.7 cm³/mol. The van der Waals surface area contributed by atoms with Crippen LogP contribution < -0.4 is 12.4 Å². The molecule has 0 aliphatic carbocycles. The minimum atomic E-state index is 0. The van der Waals surface area contributed by atoms with Gasteiger partial charge in [-0.25, -0.2) is 0 Å². The van der Waals surface area contributed by atoms with Gasteiger partial charge in [0.1, 0.15) is 0 Å². The fourth-order valence-electron chi connectivity index (χ4n) is 0. The van der Waals surface area contributed by atoms with Crippen LogP contribution >= 0.6 is 20.3 Å². The van der Waals surface area contributed by atoms with Gasteiger partial charge in [0.15, 0.2) is 0 Å². The summed E-state index contributed by atoms with van der Waals surface area (Å²) < 4.78 is 0. The van der Waals surface area contributed by atoms with Gasteiger partial charge in [0.05, 0.1) is 0 Å². The molecule has 0 aromatic heterocycles. The average molecular weight is 165 g/mol. The van der Waals surface area contributed by atoms with Crippen LogP contribution in [-0.2, 0) is 12.9 Å². The van der Waals surface area contributed by atoms with Crippen molar-refractivity contribution in [2.75, 3.05) is 0 Å². The molecule has 0 amide bonds. The molecule has 0 atom stereocenters. The van der Waals surface area contributed by atoms with Gasteiger partial charge in [0.2, 0.25) is 0 Å². The van der Waals surface area contributed by atoms with Crippen molar-refractivity contribution in [1.82, 2.24) is 0 Å². The van der Waals surface area contributed by atoms with E-state index in [9.17, 15) is 0 Å². The number of halogens is 3. The van der Waals surface area contributed by atoms with Crippen LogP contribution in [0.5, 0.6) is 0 Å². The molecule has 0 unspecified atom stereocenters. The van der Waals surface area contributed by atoms with E-state index in [1.54, 1.807) is 0 Å². The molecule has 0 radical (unpaired) electrons. The maximum absolute atomic E-state index is 4.73. The maximum atomic E-state index is 4.73. The summed E-state index contributed by atoms with van der Waals surface area (Å²) in [6, 6.07) is 0. The van der Waals surface area contributed by atoms with Crippen LogP contribution in [0.2, 0.25) is 0 Å². The Morgan fingerprint density at radius 3 is 1.25 bits per heavy atom. The first kappa shape index (κ1) is 9.03. The Morgan fingerprint density at radius 1 is 1.25 bits per heavy atom. The Bertz CT molecular complexity index is 3.25. The van der Waals surface area contributed by atoms with Gasteiger partial charge in [-0.2, -0.15) is 0 Å². The molecule has 0 rings (SSSR count). The molecule has 4 heavy (non-hydrogen) atoms. The Kier molecular flexibility index (Phi) is 20.0. The standard InChI is InChI=1S/3ClH.Co/h3*1H;/q;;;+3/p-3. The molecule has 0 spiro atoms. The van der Waals surface area contributed by atoms with Crippen LogP contribution in [0.1, 0.15) is 0 Å². The summed E-state index contributed by atoms with van der Waals surface area (Å²) in [6.07, 6.45) is 0. The van der Waals surface area contributed by atoms with Crippen molar-refractivity contribution >= 4 is 20.3 Å². The Morgan fingerprint density at radius 2 is 1.25 bits per heavy atom. The van der Waals surface area contributed by atoms with E-state index < -0.39 is 0 Å². The van der Waals surface area contributed by atoms with Crippen LogP contribution in [0.25, 0.3) is 0 Å². The second-order valence-corrected chi connectivity index (χ2v) is 1.77. The van der Waals surface area contributed by atoms with Crippen LogP contribution in [0.15, 0.2) is 0 Å². The van der Waals surface area contributed by atoms with Gasteiger partial charge in [-0.15, -0.1) is 0 Å². The molecule has 0 aromatic rings. The second-order valence-electron chi connectivity index (χ2n) is 0.0476. The first-order chi connectivity index (χ1) is 1.41. The molecule has 0 aliphatic rings. The topological polar surface area (TPSA) is 0 Å². The van der Waals surface area contributed by atoms with Crippen LogP contribution in [0.3, 0.4) is 0 Å². The Labute approximate surface area is 45.7 Å². The van der Waals surface area contributed by atoms with E-state index in [1.165, 1.54) is 0 Å². The number of rotatable bonds is 0. The molecule has 0 heterocycles. The number of hydrogen-bond acceptors (Lipinski definition) is 0.